The van der Waals surface area contributed by atoms with E-state index in [-0.39, 0.29) is 5.28 Å². The topological polar surface area (TPSA) is 62.7 Å². The van der Waals surface area contributed by atoms with Crippen LogP contribution in [0.25, 0.3) is 0 Å². The monoisotopic (exact) mass is 283 g/mol. The van der Waals surface area contributed by atoms with Crippen molar-refractivity contribution < 1.29 is 0 Å². The van der Waals surface area contributed by atoms with E-state index >= 15 is 0 Å². The maximum absolute atomic E-state index is 5.87. The lowest BCUT2D eigenvalue weighted by Gasteiger charge is -2.21. The Morgan fingerprint density at radius 3 is 2.42 bits per heavy atom. The van der Waals surface area contributed by atoms with Gasteiger partial charge in [-0.05, 0) is 30.9 Å². The molecule has 2 rings (SSSR count). The average Bonchev–Trinajstić information content (AvgIpc) is 2.40. The molecule has 106 valence electrons. The predicted octanol–water partition coefficient (Wildman–Crippen LogP) is 3.34. The SMILES string of the molecule is CCNc1nc(Cl)nc(NCCC2CCCCC2)n1. The summed E-state index contributed by atoms with van der Waals surface area (Å²) < 4.78 is 0. The zero-order valence-electron chi connectivity index (χ0n) is 11.5. The Morgan fingerprint density at radius 2 is 1.74 bits per heavy atom. The number of nitrogens with one attached hydrogen (secondary N) is 2. The smallest absolute Gasteiger partial charge is 0.228 e. The minimum Gasteiger partial charge on any atom is -0.354 e. The van der Waals surface area contributed by atoms with Gasteiger partial charge in [-0.25, -0.2) is 0 Å². The molecular weight excluding hydrogens is 262 g/mol. The van der Waals surface area contributed by atoms with Gasteiger partial charge in [0.15, 0.2) is 0 Å². The lowest BCUT2D eigenvalue weighted by molar-refractivity contribution is 0.345. The molecule has 0 aromatic carbocycles. The van der Waals surface area contributed by atoms with E-state index in [1.165, 1.54) is 38.5 Å². The Balaban J connectivity index is 1.81. The molecular formula is C13H22ClN5. The molecule has 0 radical (unpaired) electrons. The summed E-state index contributed by atoms with van der Waals surface area (Å²) >= 11 is 5.87. The highest BCUT2D eigenvalue weighted by Gasteiger charge is 2.13. The van der Waals surface area contributed by atoms with Crippen LogP contribution >= 0.6 is 11.6 Å². The predicted molar refractivity (Wildman–Crippen MR) is 78.7 cm³/mol. The highest BCUT2D eigenvalue weighted by molar-refractivity contribution is 6.28. The van der Waals surface area contributed by atoms with Crippen molar-refractivity contribution in [3.63, 3.8) is 0 Å². The van der Waals surface area contributed by atoms with Gasteiger partial charge in [0.25, 0.3) is 0 Å². The molecule has 1 heterocycles. The summed E-state index contributed by atoms with van der Waals surface area (Å²) in [5.41, 5.74) is 0. The number of hydrogen-bond donors (Lipinski definition) is 2. The first-order chi connectivity index (χ1) is 9.28. The number of halogens is 1. The quantitative estimate of drug-likeness (QED) is 0.838. The van der Waals surface area contributed by atoms with E-state index in [1.807, 2.05) is 6.92 Å². The zero-order chi connectivity index (χ0) is 13.5. The number of rotatable bonds is 6. The van der Waals surface area contributed by atoms with Crippen LogP contribution in [0.1, 0.15) is 45.4 Å². The van der Waals surface area contributed by atoms with Gasteiger partial charge in [-0.2, -0.15) is 15.0 Å². The van der Waals surface area contributed by atoms with Crippen molar-refractivity contribution in [2.75, 3.05) is 23.7 Å². The molecule has 6 heteroatoms. The van der Waals surface area contributed by atoms with Gasteiger partial charge in [0.2, 0.25) is 17.2 Å². The fourth-order valence-corrected chi connectivity index (χ4v) is 2.69. The van der Waals surface area contributed by atoms with E-state index in [9.17, 15) is 0 Å². The molecule has 0 spiro atoms. The van der Waals surface area contributed by atoms with Gasteiger partial charge in [0, 0.05) is 13.1 Å². The molecule has 1 aliphatic rings. The van der Waals surface area contributed by atoms with Crippen molar-refractivity contribution >= 4 is 23.5 Å². The van der Waals surface area contributed by atoms with Crippen LogP contribution in [-0.2, 0) is 0 Å². The number of hydrogen-bond acceptors (Lipinski definition) is 5. The van der Waals surface area contributed by atoms with Crippen LogP contribution in [0, 0.1) is 5.92 Å². The number of nitrogens with zero attached hydrogens (tertiary/aromatic N) is 3. The summed E-state index contributed by atoms with van der Waals surface area (Å²) in [4.78, 5) is 12.4. The molecule has 1 saturated carbocycles. The maximum atomic E-state index is 5.87. The summed E-state index contributed by atoms with van der Waals surface area (Å²) in [6.07, 6.45) is 8.07. The van der Waals surface area contributed by atoms with E-state index in [2.05, 4.69) is 25.6 Å². The van der Waals surface area contributed by atoms with Crippen LogP contribution in [0.3, 0.4) is 0 Å². The molecule has 0 unspecified atom stereocenters. The van der Waals surface area contributed by atoms with Crippen LogP contribution in [-0.4, -0.2) is 28.0 Å². The van der Waals surface area contributed by atoms with Crippen molar-refractivity contribution in [2.24, 2.45) is 5.92 Å². The fraction of sp³-hybridized carbons (Fsp3) is 0.769. The molecule has 0 bridgehead atoms. The van der Waals surface area contributed by atoms with Crippen LogP contribution in [0.2, 0.25) is 5.28 Å². The third kappa shape index (κ3) is 4.82. The Labute approximate surface area is 119 Å². The third-order valence-corrected chi connectivity index (χ3v) is 3.67. The minimum absolute atomic E-state index is 0.228. The van der Waals surface area contributed by atoms with Gasteiger partial charge < -0.3 is 10.6 Å². The Morgan fingerprint density at radius 1 is 1.05 bits per heavy atom. The highest BCUT2D eigenvalue weighted by atomic mass is 35.5. The summed E-state index contributed by atoms with van der Waals surface area (Å²) in [5, 5.41) is 6.51. The molecule has 0 saturated heterocycles. The van der Waals surface area contributed by atoms with Crippen LogP contribution in [0.5, 0.6) is 0 Å². The Kier molecular flexibility index (Phi) is 5.63. The van der Waals surface area contributed by atoms with Crippen molar-refractivity contribution in [3.05, 3.63) is 5.28 Å². The molecule has 5 nitrogen and oxygen atoms in total. The Bertz CT molecular complexity index is 393. The lowest BCUT2D eigenvalue weighted by Crippen LogP contribution is -2.14. The second-order valence-corrected chi connectivity index (χ2v) is 5.34. The van der Waals surface area contributed by atoms with E-state index in [0.29, 0.717) is 11.9 Å². The molecule has 0 atom stereocenters. The molecule has 1 aromatic heterocycles. The lowest BCUT2D eigenvalue weighted by atomic mass is 9.87. The van der Waals surface area contributed by atoms with Crippen molar-refractivity contribution in [1.29, 1.82) is 0 Å². The van der Waals surface area contributed by atoms with Crippen molar-refractivity contribution in [2.45, 2.75) is 45.4 Å². The number of anilines is 2. The van der Waals surface area contributed by atoms with Gasteiger partial charge >= 0.3 is 0 Å². The molecule has 0 amide bonds. The van der Waals surface area contributed by atoms with E-state index in [4.69, 9.17) is 11.6 Å². The van der Waals surface area contributed by atoms with Crippen LogP contribution < -0.4 is 10.6 Å². The summed E-state index contributed by atoms with van der Waals surface area (Å²) in [5.74, 6) is 1.95. The van der Waals surface area contributed by atoms with Gasteiger partial charge in [-0.1, -0.05) is 32.1 Å². The van der Waals surface area contributed by atoms with Crippen LogP contribution in [0.4, 0.5) is 11.9 Å². The zero-order valence-corrected chi connectivity index (χ0v) is 12.2. The van der Waals surface area contributed by atoms with Gasteiger partial charge in [-0.15, -0.1) is 0 Å². The summed E-state index contributed by atoms with van der Waals surface area (Å²) in [6, 6.07) is 0. The van der Waals surface area contributed by atoms with E-state index in [0.717, 1.165) is 19.0 Å². The average molecular weight is 284 g/mol. The van der Waals surface area contributed by atoms with Gasteiger partial charge in [0.1, 0.15) is 0 Å². The van der Waals surface area contributed by atoms with Crippen molar-refractivity contribution in [3.8, 4) is 0 Å². The molecule has 1 fully saturated rings. The standard InChI is InChI=1S/C13H22ClN5/c1-2-15-12-17-11(14)18-13(19-12)16-9-8-10-6-4-3-5-7-10/h10H,2-9H2,1H3,(H2,15,16,17,18,19). The first-order valence-electron chi connectivity index (χ1n) is 7.17. The molecule has 2 N–H and O–H groups in total. The van der Waals surface area contributed by atoms with Crippen molar-refractivity contribution in [1.82, 2.24) is 15.0 Å². The minimum atomic E-state index is 0.228. The van der Waals surface area contributed by atoms with Crippen LogP contribution in [0.15, 0.2) is 0 Å². The van der Waals surface area contributed by atoms with E-state index in [1.54, 1.807) is 0 Å². The first-order valence-corrected chi connectivity index (χ1v) is 7.55. The largest absolute Gasteiger partial charge is 0.354 e. The number of aromatic nitrogens is 3. The van der Waals surface area contributed by atoms with Gasteiger partial charge in [-0.3, -0.25) is 0 Å². The second kappa shape index (κ2) is 7.48. The molecule has 1 aliphatic carbocycles. The maximum Gasteiger partial charge on any atom is 0.228 e. The molecule has 1 aromatic rings. The molecule has 0 aliphatic heterocycles. The summed E-state index contributed by atoms with van der Waals surface area (Å²) in [7, 11) is 0. The second-order valence-electron chi connectivity index (χ2n) is 5.00. The first kappa shape index (κ1) is 14.3. The normalized spacial score (nSPS) is 16.3. The third-order valence-electron chi connectivity index (χ3n) is 3.50. The molecule has 19 heavy (non-hydrogen) atoms. The van der Waals surface area contributed by atoms with Gasteiger partial charge in [0.05, 0.1) is 0 Å². The summed E-state index contributed by atoms with van der Waals surface area (Å²) in [6.45, 7) is 3.66. The fourth-order valence-electron chi connectivity index (χ4n) is 2.53. The highest BCUT2D eigenvalue weighted by Crippen LogP contribution is 2.26. The van der Waals surface area contributed by atoms with E-state index < -0.39 is 0 Å². The Hall–Kier alpha value is -1.10.